The lowest BCUT2D eigenvalue weighted by molar-refractivity contribution is 0.0971. The summed E-state index contributed by atoms with van der Waals surface area (Å²) in [6, 6.07) is 18.3. The van der Waals surface area contributed by atoms with Crippen molar-refractivity contribution in [1.82, 2.24) is 4.98 Å². The number of aryl methyl sites for hydroxylation is 1. The smallest absolute Gasteiger partial charge is 0.297 e. The largest absolute Gasteiger partial charge is 0.450 e. The predicted molar refractivity (Wildman–Crippen MR) is 122 cm³/mol. The Hall–Kier alpha value is -3.84. The first-order chi connectivity index (χ1) is 15.5. The first-order valence-corrected chi connectivity index (χ1v) is 10.8. The van der Waals surface area contributed by atoms with Crippen LogP contribution in [0.15, 0.2) is 75.9 Å². The summed E-state index contributed by atoms with van der Waals surface area (Å²) < 4.78 is 20.3. The molecule has 1 aliphatic rings. The maximum atomic E-state index is 13.7. The fourth-order valence-corrected chi connectivity index (χ4v) is 5.24. The highest BCUT2D eigenvalue weighted by atomic mass is 32.1. The Morgan fingerprint density at radius 2 is 1.84 bits per heavy atom. The molecule has 0 spiro atoms. The minimum absolute atomic E-state index is 0.0191. The van der Waals surface area contributed by atoms with Crippen LogP contribution in [0.1, 0.15) is 33.3 Å². The quantitative estimate of drug-likeness (QED) is 0.357. The van der Waals surface area contributed by atoms with Crippen LogP contribution in [-0.2, 0) is 0 Å². The third-order valence-corrected chi connectivity index (χ3v) is 6.70. The van der Waals surface area contributed by atoms with Gasteiger partial charge in [-0.2, -0.15) is 0 Å². The number of nitrogens with zero attached hydrogens (tertiary/aromatic N) is 2. The van der Waals surface area contributed by atoms with Crippen LogP contribution < -0.4 is 10.3 Å². The number of hydrogen-bond donors (Lipinski definition) is 0. The molecule has 3 aromatic carbocycles. The summed E-state index contributed by atoms with van der Waals surface area (Å²) in [5.41, 5.74) is 2.71. The normalized spacial score (nSPS) is 15.6. The van der Waals surface area contributed by atoms with Crippen LogP contribution in [-0.4, -0.2) is 10.9 Å². The van der Waals surface area contributed by atoms with E-state index in [1.807, 2.05) is 43.3 Å². The highest BCUT2D eigenvalue weighted by Crippen LogP contribution is 2.43. The van der Waals surface area contributed by atoms with Crippen LogP contribution in [0.2, 0.25) is 0 Å². The number of rotatable bonds is 2. The molecule has 0 fully saturated rings. The van der Waals surface area contributed by atoms with Gasteiger partial charge in [-0.25, -0.2) is 9.37 Å². The summed E-state index contributed by atoms with van der Waals surface area (Å²) in [7, 11) is 0. The monoisotopic (exact) mass is 442 g/mol. The number of carbonyl (C=O) groups excluding carboxylic acids is 1. The number of fused-ring (bicyclic) bond motifs is 3. The summed E-state index contributed by atoms with van der Waals surface area (Å²) >= 11 is 1.20. The van der Waals surface area contributed by atoms with Crippen molar-refractivity contribution in [2.24, 2.45) is 0 Å². The number of hydrogen-bond acceptors (Lipinski definition) is 5. The molecule has 6 rings (SSSR count). The lowest BCUT2D eigenvalue weighted by Crippen LogP contribution is -2.29. The van der Waals surface area contributed by atoms with Gasteiger partial charge in [0.1, 0.15) is 11.4 Å². The molecule has 0 unspecified atom stereocenters. The van der Waals surface area contributed by atoms with E-state index in [9.17, 15) is 14.0 Å². The molecule has 3 heterocycles. The molecule has 1 atom stereocenters. The van der Waals surface area contributed by atoms with Crippen LogP contribution in [0.5, 0.6) is 0 Å². The van der Waals surface area contributed by atoms with Crippen molar-refractivity contribution in [1.29, 1.82) is 0 Å². The summed E-state index contributed by atoms with van der Waals surface area (Å²) in [5.74, 6) is -0.791. The molecule has 7 heteroatoms. The standard InChI is InChI=1S/C25H15FN2O3S/c1-13-7-10-18-16(11-13)22(29)20-21(14-5-3-2-4-6-14)28(24(30)23(20)31-18)25-27-17-9-8-15(26)12-19(17)32-25/h2-12,21H,1H3/t21-/m0/s1. The van der Waals surface area contributed by atoms with E-state index in [1.165, 1.54) is 28.4 Å². The number of thiazole rings is 1. The highest BCUT2D eigenvalue weighted by molar-refractivity contribution is 7.22. The van der Waals surface area contributed by atoms with Crippen LogP contribution in [0.3, 0.4) is 0 Å². The van der Waals surface area contributed by atoms with Gasteiger partial charge in [-0.15, -0.1) is 0 Å². The van der Waals surface area contributed by atoms with Gasteiger partial charge in [0.2, 0.25) is 5.76 Å². The molecular formula is C25H15FN2O3S. The van der Waals surface area contributed by atoms with Crippen LogP contribution >= 0.6 is 11.3 Å². The number of halogens is 1. The number of amides is 1. The molecule has 5 nitrogen and oxygen atoms in total. The van der Waals surface area contributed by atoms with Crippen molar-refractivity contribution >= 4 is 43.6 Å². The Labute approximate surface area is 185 Å². The van der Waals surface area contributed by atoms with Crippen molar-refractivity contribution in [3.63, 3.8) is 0 Å². The lowest BCUT2D eigenvalue weighted by atomic mass is 9.98. The molecule has 5 aromatic rings. The van der Waals surface area contributed by atoms with Crippen LogP contribution in [0.4, 0.5) is 9.52 Å². The molecule has 0 aliphatic carbocycles. The third kappa shape index (κ3) is 2.71. The minimum Gasteiger partial charge on any atom is -0.450 e. The zero-order chi connectivity index (χ0) is 22.0. The number of anilines is 1. The van der Waals surface area contributed by atoms with E-state index in [1.54, 1.807) is 18.2 Å². The number of aromatic nitrogens is 1. The maximum absolute atomic E-state index is 13.7. The van der Waals surface area contributed by atoms with Gasteiger partial charge < -0.3 is 4.42 Å². The SMILES string of the molecule is Cc1ccc2oc3c(c(=O)c2c1)[C@H](c1ccccc1)N(c1nc2ccc(F)cc2s1)C3=O. The molecule has 1 aliphatic heterocycles. The fourth-order valence-electron chi connectivity index (χ4n) is 4.22. The van der Waals surface area contributed by atoms with Crippen LogP contribution in [0, 0.1) is 12.7 Å². The maximum Gasteiger partial charge on any atom is 0.297 e. The van der Waals surface area contributed by atoms with E-state index >= 15 is 0 Å². The first-order valence-electron chi connectivity index (χ1n) is 10.0. The van der Waals surface area contributed by atoms with Crippen molar-refractivity contribution in [3.8, 4) is 0 Å². The molecule has 0 saturated heterocycles. The summed E-state index contributed by atoms with van der Waals surface area (Å²) in [6.45, 7) is 1.90. The van der Waals surface area contributed by atoms with Crippen molar-refractivity contribution in [3.05, 3.63) is 105 Å². The molecule has 1 amide bonds. The number of carbonyl (C=O) groups is 1. The number of benzene rings is 3. The van der Waals surface area contributed by atoms with Gasteiger partial charge in [0.05, 0.1) is 27.2 Å². The summed E-state index contributed by atoms with van der Waals surface area (Å²) in [4.78, 5) is 33.2. The second-order valence-corrected chi connectivity index (χ2v) is 8.78. The van der Waals surface area contributed by atoms with Gasteiger partial charge in [-0.3, -0.25) is 14.5 Å². The van der Waals surface area contributed by atoms with E-state index in [0.717, 1.165) is 11.1 Å². The Morgan fingerprint density at radius 3 is 2.66 bits per heavy atom. The summed E-state index contributed by atoms with van der Waals surface area (Å²) in [6.07, 6.45) is 0. The molecule has 0 saturated carbocycles. The Morgan fingerprint density at radius 1 is 1.03 bits per heavy atom. The Kier molecular flexibility index (Phi) is 4.03. The van der Waals surface area contributed by atoms with Crippen molar-refractivity contribution in [2.45, 2.75) is 13.0 Å². The molecule has 2 aromatic heterocycles. The van der Waals surface area contributed by atoms with Gasteiger partial charge in [0.15, 0.2) is 10.6 Å². The van der Waals surface area contributed by atoms with Gasteiger partial charge in [0.25, 0.3) is 5.91 Å². The fraction of sp³-hybridized carbons (Fsp3) is 0.0800. The topological polar surface area (TPSA) is 63.4 Å². The molecule has 0 N–H and O–H groups in total. The Balaban J connectivity index is 1.64. The third-order valence-electron chi connectivity index (χ3n) is 5.69. The van der Waals surface area contributed by atoms with Crippen molar-refractivity contribution in [2.75, 3.05) is 4.90 Å². The van der Waals surface area contributed by atoms with E-state index in [0.29, 0.717) is 31.9 Å². The van der Waals surface area contributed by atoms with Gasteiger partial charge in [0, 0.05) is 0 Å². The van der Waals surface area contributed by atoms with E-state index in [2.05, 4.69) is 4.98 Å². The van der Waals surface area contributed by atoms with Crippen molar-refractivity contribution < 1.29 is 13.6 Å². The van der Waals surface area contributed by atoms with Gasteiger partial charge in [-0.1, -0.05) is 53.3 Å². The minimum atomic E-state index is -0.690. The highest BCUT2D eigenvalue weighted by Gasteiger charge is 2.44. The second-order valence-electron chi connectivity index (χ2n) is 7.77. The average molecular weight is 442 g/mol. The van der Waals surface area contributed by atoms with E-state index in [4.69, 9.17) is 4.42 Å². The zero-order valence-electron chi connectivity index (χ0n) is 16.8. The zero-order valence-corrected chi connectivity index (χ0v) is 17.7. The van der Waals surface area contributed by atoms with E-state index in [-0.39, 0.29) is 17.0 Å². The second kappa shape index (κ2) is 6.83. The molecular weight excluding hydrogens is 427 g/mol. The molecule has 0 radical (unpaired) electrons. The van der Waals surface area contributed by atoms with Gasteiger partial charge in [-0.05, 0) is 42.8 Å². The average Bonchev–Trinajstić information content (AvgIpc) is 3.33. The lowest BCUT2D eigenvalue weighted by Gasteiger charge is -2.22. The van der Waals surface area contributed by atoms with Gasteiger partial charge >= 0.3 is 0 Å². The molecule has 156 valence electrons. The molecule has 0 bridgehead atoms. The Bertz CT molecular complexity index is 1610. The molecule has 32 heavy (non-hydrogen) atoms. The first kappa shape index (κ1) is 18.9. The van der Waals surface area contributed by atoms with Crippen LogP contribution in [0.25, 0.3) is 21.2 Å². The van der Waals surface area contributed by atoms with E-state index < -0.39 is 11.9 Å². The summed E-state index contributed by atoms with van der Waals surface area (Å²) in [5, 5.41) is 0.821. The predicted octanol–water partition coefficient (Wildman–Crippen LogP) is 5.60.